The largest absolute Gasteiger partial charge is 0.339 e. The topological polar surface area (TPSA) is 102 Å². The number of sulfonamides is 1. The van der Waals surface area contributed by atoms with E-state index >= 15 is 0 Å². The molecule has 0 bridgehead atoms. The van der Waals surface area contributed by atoms with Gasteiger partial charge in [0.05, 0.1) is 17.0 Å². The van der Waals surface area contributed by atoms with Crippen LogP contribution in [0.2, 0.25) is 0 Å². The molecule has 3 aromatic rings. The van der Waals surface area contributed by atoms with Crippen LogP contribution in [-0.2, 0) is 22.2 Å². The molecule has 0 saturated carbocycles. The highest BCUT2D eigenvalue weighted by Crippen LogP contribution is 2.33. The normalized spacial score (nSPS) is 17.7. The van der Waals surface area contributed by atoms with Gasteiger partial charge in [0.2, 0.25) is 21.7 Å². The molecule has 0 amide bonds. The average molecular weight is 417 g/mol. The van der Waals surface area contributed by atoms with Gasteiger partial charge >= 0.3 is 0 Å². The zero-order chi connectivity index (χ0) is 20.4. The molecular weight excluding hydrogens is 397 g/mol. The van der Waals surface area contributed by atoms with E-state index in [1.54, 1.807) is 6.20 Å². The lowest BCUT2D eigenvalue weighted by Crippen LogP contribution is -2.30. The number of nitrogens with zero attached hydrogens (tertiary/aromatic N) is 5. The quantitative estimate of drug-likeness (QED) is 0.607. The fraction of sp³-hybridized carbons (Fsp3) is 0.368. The molecule has 0 N–H and O–H groups in total. The molecule has 8 nitrogen and oxygen atoms in total. The lowest BCUT2D eigenvalue weighted by Gasteiger charge is -2.17. The molecule has 1 atom stereocenters. The maximum absolute atomic E-state index is 13.1. The summed E-state index contributed by atoms with van der Waals surface area (Å²) in [6, 6.07) is 5.51. The third-order valence-corrected chi connectivity index (χ3v) is 6.76. The third-order valence-electron chi connectivity index (χ3n) is 4.95. The summed E-state index contributed by atoms with van der Waals surface area (Å²) in [5.41, 5.74) is 1.91. The average Bonchev–Trinajstić information content (AvgIpc) is 3.40. The Labute approximate surface area is 167 Å². The van der Waals surface area contributed by atoms with Crippen LogP contribution < -0.4 is 0 Å². The first-order chi connectivity index (χ1) is 14.0. The number of benzene rings is 1. The van der Waals surface area contributed by atoms with Crippen molar-refractivity contribution in [3.05, 3.63) is 59.8 Å². The van der Waals surface area contributed by atoms with Crippen LogP contribution in [-0.4, -0.2) is 45.9 Å². The van der Waals surface area contributed by atoms with Crippen molar-refractivity contribution in [2.75, 3.05) is 13.1 Å². The molecule has 0 aliphatic carbocycles. The van der Waals surface area contributed by atoms with E-state index in [-0.39, 0.29) is 11.7 Å². The summed E-state index contributed by atoms with van der Waals surface area (Å²) in [5.74, 6) is 0.271. The van der Waals surface area contributed by atoms with Gasteiger partial charge in [0, 0.05) is 31.6 Å². The summed E-state index contributed by atoms with van der Waals surface area (Å²) >= 11 is 0. The number of aryl methyl sites for hydroxylation is 1. The molecule has 1 aliphatic heterocycles. The second-order valence-electron chi connectivity index (χ2n) is 6.91. The van der Waals surface area contributed by atoms with Crippen LogP contribution >= 0.6 is 0 Å². The van der Waals surface area contributed by atoms with E-state index in [4.69, 9.17) is 4.52 Å². The first-order valence-corrected chi connectivity index (χ1v) is 10.9. The SMILES string of the molecule is CCc1nc(-c2cncnc2[C@H]2CCN(S(=O)(=O)Cc3ccc(F)cc3)C2)no1. The molecule has 0 radical (unpaired) electrons. The van der Waals surface area contributed by atoms with Crippen molar-refractivity contribution < 1.29 is 17.3 Å². The molecule has 1 aliphatic rings. The smallest absolute Gasteiger partial charge is 0.226 e. The van der Waals surface area contributed by atoms with Crippen molar-refractivity contribution in [3.8, 4) is 11.4 Å². The van der Waals surface area contributed by atoms with E-state index in [2.05, 4.69) is 20.1 Å². The minimum absolute atomic E-state index is 0.0976. The van der Waals surface area contributed by atoms with E-state index < -0.39 is 15.8 Å². The predicted octanol–water partition coefficient (Wildman–Crippen LogP) is 2.55. The maximum Gasteiger partial charge on any atom is 0.226 e. The molecule has 29 heavy (non-hydrogen) atoms. The molecule has 1 saturated heterocycles. The van der Waals surface area contributed by atoms with Crippen molar-refractivity contribution in [1.29, 1.82) is 0 Å². The summed E-state index contributed by atoms with van der Waals surface area (Å²) in [7, 11) is -3.53. The Morgan fingerprint density at radius 3 is 2.79 bits per heavy atom. The van der Waals surface area contributed by atoms with Gasteiger partial charge in [-0.05, 0) is 24.1 Å². The summed E-state index contributed by atoms with van der Waals surface area (Å²) in [6.45, 7) is 2.62. The van der Waals surface area contributed by atoms with Gasteiger partial charge in [-0.15, -0.1) is 0 Å². The minimum Gasteiger partial charge on any atom is -0.339 e. The van der Waals surface area contributed by atoms with E-state index in [1.807, 2.05) is 6.92 Å². The molecule has 1 fully saturated rings. The fourth-order valence-electron chi connectivity index (χ4n) is 3.43. The van der Waals surface area contributed by atoms with E-state index in [1.165, 1.54) is 34.9 Å². The van der Waals surface area contributed by atoms with E-state index in [9.17, 15) is 12.8 Å². The standard InChI is InChI=1S/C19H20FN5O3S/c1-2-17-23-19(24-28-17)16-9-21-12-22-18(16)14-7-8-25(10-14)29(26,27)11-13-3-5-15(20)6-4-13/h3-6,9,12,14H,2,7-8,10-11H2,1H3/t14-/m0/s1. The van der Waals surface area contributed by atoms with Gasteiger partial charge in [-0.1, -0.05) is 24.2 Å². The highest BCUT2D eigenvalue weighted by atomic mass is 32.2. The Morgan fingerprint density at radius 1 is 1.28 bits per heavy atom. The molecule has 3 heterocycles. The number of aromatic nitrogens is 4. The van der Waals surface area contributed by atoms with Gasteiger partial charge < -0.3 is 4.52 Å². The molecule has 152 valence electrons. The second kappa shape index (κ2) is 7.96. The Hall–Kier alpha value is -2.72. The van der Waals surface area contributed by atoms with Crippen LogP contribution in [0, 0.1) is 5.82 Å². The zero-order valence-corrected chi connectivity index (χ0v) is 16.6. The van der Waals surface area contributed by atoms with Crippen LogP contribution in [0.3, 0.4) is 0 Å². The molecule has 10 heteroatoms. The Bertz CT molecular complexity index is 1100. The molecule has 1 aromatic carbocycles. The van der Waals surface area contributed by atoms with Crippen LogP contribution in [0.4, 0.5) is 4.39 Å². The Morgan fingerprint density at radius 2 is 2.07 bits per heavy atom. The molecular formula is C19H20FN5O3S. The van der Waals surface area contributed by atoms with Crippen molar-refractivity contribution in [2.45, 2.75) is 31.4 Å². The van der Waals surface area contributed by atoms with Crippen molar-refractivity contribution in [2.24, 2.45) is 0 Å². The van der Waals surface area contributed by atoms with Crippen molar-refractivity contribution in [3.63, 3.8) is 0 Å². The van der Waals surface area contributed by atoms with Gasteiger partial charge in [-0.2, -0.15) is 4.98 Å². The summed E-state index contributed by atoms with van der Waals surface area (Å²) in [5, 5.41) is 3.99. The zero-order valence-electron chi connectivity index (χ0n) is 15.8. The Balaban J connectivity index is 1.53. The number of hydrogen-bond acceptors (Lipinski definition) is 7. The van der Waals surface area contributed by atoms with Crippen LogP contribution in [0.15, 0.2) is 41.3 Å². The van der Waals surface area contributed by atoms with Gasteiger partial charge in [0.15, 0.2) is 0 Å². The van der Waals surface area contributed by atoms with Crippen LogP contribution in [0.25, 0.3) is 11.4 Å². The summed E-state index contributed by atoms with van der Waals surface area (Å²) < 4.78 is 45.4. The van der Waals surface area contributed by atoms with Gasteiger partial charge in [0.1, 0.15) is 12.1 Å². The first kappa shape index (κ1) is 19.6. The monoisotopic (exact) mass is 417 g/mol. The number of halogens is 1. The van der Waals surface area contributed by atoms with Crippen molar-refractivity contribution >= 4 is 10.0 Å². The minimum atomic E-state index is -3.53. The molecule has 0 spiro atoms. The fourth-order valence-corrected chi connectivity index (χ4v) is 5.02. The molecule has 0 unspecified atom stereocenters. The predicted molar refractivity (Wildman–Crippen MR) is 103 cm³/mol. The Kier molecular flexibility index (Phi) is 5.37. The number of hydrogen-bond donors (Lipinski definition) is 0. The highest BCUT2D eigenvalue weighted by molar-refractivity contribution is 7.88. The third kappa shape index (κ3) is 4.18. The maximum atomic E-state index is 13.1. The highest BCUT2D eigenvalue weighted by Gasteiger charge is 2.34. The van der Waals surface area contributed by atoms with Crippen LogP contribution in [0.1, 0.15) is 36.4 Å². The summed E-state index contributed by atoms with van der Waals surface area (Å²) in [4.78, 5) is 12.8. The molecule has 2 aromatic heterocycles. The molecule has 4 rings (SSSR count). The lowest BCUT2D eigenvalue weighted by atomic mass is 10.00. The lowest BCUT2D eigenvalue weighted by molar-refractivity contribution is 0.382. The van der Waals surface area contributed by atoms with Gasteiger partial charge in [-0.25, -0.2) is 27.1 Å². The second-order valence-corrected chi connectivity index (χ2v) is 8.88. The van der Waals surface area contributed by atoms with Gasteiger partial charge in [0.25, 0.3) is 0 Å². The first-order valence-electron chi connectivity index (χ1n) is 9.31. The van der Waals surface area contributed by atoms with Crippen molar-refractivity contribution in [1.82, 2.24) is 24.4 Å². The number of rotatable bonds is 6. The summed E-state index contributed by atoms with van der Waals surface area (Å²) in [6.07, 6.45) is 4.32. The van der Waals surface area contributed by atoms with E-state index in [0.29, 0.717) is 54.5 Å². The van der Waals surface area contributed by atoms with Gasteiger partial charge in [-0.3, -0.25) is 0 Å². The van der Waals surface area contributed by atoms with Crippen LogP contribution in [0.5, 0.6) is 0 Å². The van der Waals surface area contributed by atoms with E-state index in [0.717, 1.165) is 0 Å².